The number of amides is 1. The van der Waals surface area contributed by atoms with E-state index in [9.17, 15) is 18.0 Å². The van der Waals surface area contributed by atoms with Gasteiger partial charge in [0.2, 0.25) is 0 Å². The van der Waals surface area contributed by atoms with Crippen LogP contribution < -0.4 is 5.32 Å². The van der Waals surface area contributed by atoms with Gasteiger partial charge in [-0.2, -0.15) is 13.2 Å². The van der Waals surface area contributed by atoms with Gasteiger partial charge in [-0.15, -0.1) is 0 Å². The second-order valence-corrected chi connectivity index (χ2v) is 4.35. The number of carbonyl (C=O) groups is 1. The molecule has 1 amide bonds. The number of alkyl halides is 3. The molecule has 7 heteroatoms. The van der Waals surface area contributed by atoms with Crippen molar-refractivity contribution >= 4 is 43.5 Å². The highest BCUT2D eigenvalue weighted by atomic mass is 79.9. The van der Waals surface area contributed by atoms with Crippen LogP contribution in [0.25, 0.3) is 0 Å². The van der Waals surface area contributed by atoms with Crippen LogP contribution in [0.5, 0.6) is 0 Å². The Balaban J connectivity index is 2.90. The third-order valence-corrected chi connectivity index (χ3v) is 2.62. The minimum atomic E-state index is -4.89. The van der Waals surface area contributed by atoms with E-state index in [2.05, 4.69) is 31.9 Å². The maximum Gasteiger partial charge on any atom is 0.471 e. The van der Waals surface area contributed by atoms with Crippen molar-refractivity contribution in [1.29, 1.82) is 0 Å². The van der Waals surface area contributed by atoms with Gasteiger partial charge in [0.25, 0.3) is 0 Å². The number of hydrogen-bond donors (Lipinski definition) is 1. The first-order valence-corrected chi connectivity index (χ1v) is 5.22. The van der Waals surface area contributed by atoms with Gasteiger partial charge < -0.3 is 5.32 Å². The van der Waals surface area contributed by atoms with Crippen molar-refractivity contribution in [2.75, 3.05) is 5.32 Å². The average molecular weight is 347 g/mol. The zero-order valence-electron chi connectivity index (χ0n) is 7.03. The summed E-state index contributed by atoms with van der Waals surface area (Å²) in [6, 6.07) is 4.52. The van der Waals surface area contributed by atoms with Crippen molar-refractivity contribution in [2.24, 2.45) is 0 Å². The first kappa shape index (κ1) is 12.5. The summed E-state index contributed by atoms with van der Waals surface area (Å²) >= 11 is 6.11. The van der Waals surface area contributed by atoms with E-state index in [0.29, 0.717) is 8.95 Å². The van der Waals surface area contributed by atoms with E-state index in [-0.39, 0.29) is 5.69 Å². The van der Waals surface area contributed by atoms with E-state index in [1.165, 1.54) is 12.1 Å². The predicted octanol–water partition coefficient (Wildman–Crippen LogP) is 3.71. The highest BCUT2D eigenvalue weighted by molar-refractivity contribution is 9.11. The van der Waals surface area contributed by atoms with Crippen LogP contribution in [0.3, 0.4) is 0 Å². The van der Waals surface area contributed by atoms with E-state index in [1.807, 2.05) is 0 Å². The largest absolute Gasteiger partial charge is 0.471 e. The summed E-state index contributed by atoms with van der Waals surface area (Å²) in [5.74, 6) is -2.00. The second-order valence-electron chi connectivity index (χ2n) is 2.58. The van der Waals surface area contributed by atoms with Crippen LogP contribution in [0.15, 0.2) is 27.1 Å². The van der Waals surface area contributed by atoms with Crippen LogP contribution in [0.2, 0.25) is 0 Å². The molecule has 1 rings (SSSR count). The topological polar surface area (TPSA) is 29.1 Å². The Bertz CT molecular complexity index is 392. The number of rotatable bonds is 1. The number of carbonyl (C=O) groups excluding carboxylic acids is 1. The van der Waals surface area contributed by atoms with Crippen molar-refractivity contribution in [1.82, 2.24) is 0 Å². The van der Waals surface area contributed by atoms with Crippen LogP contribution >= 0.6 is 31.9 Å². The van der Waals surface area contributed by atoms with E-state index in [1.54, 1.807) is 11.4 Å². The van der Waals surface area contributed by atoms with Crippen molar-refractivity contribution in [3.63, 3.8) is 0 Å². The molecular weight excluding hydrogens is 343 g/mol. The van der Waals surface area contributed by atoms with Crippen molar-refractivity contribution in [3.05, 3.63) is 27.1 Å². The fourth-order valence-corrected chi connectivity index (χ4v) is 1.49. The van der Waals surface area contributed by atoms with Crippen LogP contribution in [-0.4, -0.2) is 12.1 Å². The lowest BCUT2D eigenvalue weighted by atomic mass is 10.3. The Morgan fingerprint density at radius 1 is 1.27 bits per heavy atom. The summed E-state index contributed by atoms with van der Waals surface area (Å²) in [6.07, 6.45) is -4.89. The molecule has 0 bridgehead atoms. The molecule has 0 fully saturated rings. The quantitative estimate of drug-likeness (QED) is 0.825. The molecule has 1 aromatic rings. The normalized spacial score (nSPS) is 11.3. The summed E-state index contributed by atoms with van der Waals surface area (Å²) in [5.41, 5.74) is 0.0618. The zero-order valence-corrected chi connectivity index (χ0v) is 10.2. The molecule has 0 aliphatic heterocycles. The molecule has 0 heterocycles. The summed E-state index contributed by atoms with van der Waals surface area (Å²) in [5, 5.41) is 1.75. The first-order chi connectivity index (χ1) is 6.80. The third-order valence-electron chi connectivity index (χ3n) is 1.43. The number of hydrogen-bond acceptors (Lipinski definition) is 1. The van der Waals surface area contributed by atoms with Gasteiger partial charge in [0.15, 0.2) is 0 Å². The maximum atomic E-state index is 11.9. The molecular formula is C8H4Br2F3NO. The van der Waals surface area contributed by atoms with E-state index in [4.69, 9.17) is 0 Å². The highest BCUT2D eigenvalue weighted by Crippen LogP contribution is 2.27. The minimum Gasteiger partial charge on any atom is -0.317 e. The number of nitrogens with one attached hydrogen (secondary N) is 1. The second kappa shape index (κ2) is 4.52. The Kier molecular flexibility index (Phi) is 3.77. The SMILES string of the molecule is O=C(Nc1cc(Br)ccc1Br)C(F)(F)F. The molecule has 0 aliphatic rings. The predicted molar refractivity (Wildman–Crippen MR) is 56.5 cm³/mol. The standard InChI is InChI=1S/C8H4Br2F3NO/c9-4-1-2-5(10)6(3-4)14-7(15)8(11,12)13/h1-3H,(H,14,15). The minimum absolute atomic E-state index is 0.0618. The van der Waals surface area contributed by atoms with Gasteiger partial charge in [0.1, 0.15) is 0 Å². The zero-order chi connectivity index (χ0) is 11.6. The monoisotopic (exact) mass is 345 g/mol. The molecule has 0 saturated carbocycles. The molecule has 0 aromatic heterocycles. The molecule has 2 nitrogen and oxygen atoms in total. The fraction of sp³-hybridized carbons (Fsp3) is 0.125. The smallest absolute Gasteiger partial charge is 0.317 e. The number of halogens is 5. The van der Waals surface area contributed by atoms with Crippen molar-refractivity contribution in [2.45, 2.75) is 6.18 Å². The summed E-state index contributed by atoms with van der Waals surface area (Å²) in [4.78, 5) is 10.6. The van der Waals surface area contributed by atoms with Gasteiger partial charge in [-0.1, -0.05) is 15.9 Å². The van der Waals surface area contributed by atoms with Gasteiger partial charge in [-0.05, 0) is 34.1 Å². The van der Waals surface area contributed by atoms with Crippen molar-refractivity contribution in [3.8, 4) is 0 Å². The lowest BCUT2D eigenvalue weighted by Gasteiger charge is -2.09. The molecule has 0 radical (unpaired) electrons. The van der Waals surface area contributed by atoms with Crippen LogP contribution in [0, 0.1) is 0 Å². The third kappa shape index (κ3) is 3.49. The number of anilines is 1. The van der Waals surface area contributed by atoms with Gasteiger partial charge in [-0.25, -0.2) is 0 Å². The van der Waals surface area contributed by atoms with Gasteiger partial charge in [-0.3, -0.25) is 4.79 Å². The Morgan fingerprint density at radius 2 is 1.87 bits per heavy atom. The molecule has 15 heavy (non-hydrogen) atoms. The van der Waals surface area contributed by atoms with Gasteiger partial charge in [0, 0.05) is 8.95 Å². The van der Waals surface area contributed by atoms with Crippen molar-refractivity contribution < 1.29 is 18.0 Å². The summed E-state index contributed by atoms with van der Waals surface area (Å²) in [6.45, 7) is 0. The Morgan fingerprint density at radius 3 is 2.40 bits per heavy atom. The molecule has 0 unspecified atom stereocenters. The van der Waals surface area contributed by atoms with Gasteiger partial charge >= 0.3 is 12.1 Å². The lowest BCUT2D eigenvalue weighted by molar-refractivity contribution is -0.167. The van der Waals surface area contributed by atoms with E-state index in [0.717, 1.165) is 0 Å². The molecule has 0 aliphatic carbocycles. The Hall–Kier alpha value is -0.560. The summed E-state index contributed by atoms with van der Waals surface area (Å²) < 4.78 is 36.7. The molecule has 0 spiro atoms. The molecule has 0 atom stereocenters. The van der Waals surface area contributed by atoms with Crippen LogP contribution in [0.1, 0.15) is 0 Å². The molecule has 1 N–H and O–H groups in total. The lowest BCUT2D eigenvalue weighted by Crippen LogP contribution is -2.30. The average Bonchev–Trinajstić information content (AvgIpc) is 2.09. The van der Waals surface area contributed by atoms with E-state index >= 15 is 0 Å². The summed E-state index contributed by atoms with van der Waals surface area (Å²) in [7, 11) is 0. The van der Waals surface area contributed by atoms with Gasteiger partial charge in [0.05, 0.1) is 5.69 Å². The fourth-order valence-electron chi connectivity index (χ4n) is 0.786. The molecule has 1 aromatic carbocycles. The highest BCUT2D eigenvalue weighted by Gasteiger charge is 2.38. The number of benzene rings is 1. The first-order valence-electron chi connectivity index (χ1n) is 3.64. The Labute approximate surface area is 100 Å². The van der Waals surface area contributed by atoms with Crippen LogP contribution in [0.4, 0.5) is 18.9 Å². The molecule has 0 saturated heterocycles. The van der Waals surface area contributed by atoms with Crippen LogP contribution in [-0.2, 0) is 4.79 Å². The molecule has 82 valence electrons. The maximum absolute atomic E-state index is 11.9. The van der Waals surface area contributed by atoms with E-state index < -0.39 is 12.1 Å².